The summed E-state index contributed by atoms with van der Waals surface area (Å²) in [7, 11) is 0. The molecule has 0 spiro atoms. The first-order valence-electron chi connectivity index (χ1n) is 4.85. The molecule has 0 saturated heterocycles. The summed E-state index contributed by atoms with van der Waals surface area (Å²) in [5.41, 5.74) is 0. The lowest BCUT2D eigenvalue weighted by atomic mass is 10.3. The Morgan fingerprint density at radius 1 is 1.35 bits per heavy atom. The van der Waals surface area contributed by atoms with Crippen LogP contribution in [0.5, 0.6) is 0 Å². The average Bonchev–Trinajstić information content (AvgIpc) is 2.13. The summed E-state index contributed by atoms with van der Waals surface area (Å²) >= 11 is 6.43. The van der Waals surface area contributed by atoms with E-state index in [-0.39, 0.29) is 6.04 Å². The highest BCUT2D eigenvalue weighted by Crippen LogP contribution is 2.30. The van der Waals surface area contributed by atoms with Gasteiger partial charge in [0.2, 0.25) is 0 Å². The van der Waals surface area contributed by atoms with Crippen LogP contribution in [0.2, 0.25) is 0 Å². The second kappa shape index (κ2) is 5.56. The Labute approximate surface area is 114 Å². The monoisotopic (exact) mass is 374 g/mol. The number of anilines is 1. The molecule has 0 aromatic carbocycles. The quantitative estimate of drug-likeness (QED) is 0.779. The fourth-order valence-electron chi connectivity index (χ4n) is 1.31. The second-order valence-corrected chi connectivity index (χ2v) is 5.57. The Morgan fingerprint density at radius 3 is 2.35 bits per heavy atom. The molecule has 0 saturated carbocycles. The lowest BCUT2D eigenvalue weighted by molar-refractivity contribution is -0.120. The van der Waals surface area contributed by atoms with Crippen molar-refractivity contribution in [3.63, 3.8) is 0 Å². The van der Waals surface area contributed by atoms with Crippen molar-refractivity contribution in [1.82, 2.24) is 4.98 Å². The van der Waals surface area contributed by atoms with Gasteiger partial charge in [-0.15, -0.1) is 0 Å². The van der Waals surface area contributed by atoms with Gasteiger partial charge in [-0.25, -0.2) is 4.98 Å². The van der Waals surface area contributed by atoms with Gasteiger partial charge in [-0.05, 0) is 51.8 Å². The third kappa shape index (κ3) is 4.46. The SMILES string of the molecule is CC(C)N(CC(F)(F)F)c1ncc(Br)cc1Br. The minimum atomic E-state index is -4.25. The number of nitrogens with zero attached hydrogens (tertiary/aromatic N) is 2. The van der Waals surface area contributed by atoms with Crippen LogP contribution in [-0.4, -0.2) is 23.7 Å². The van der Waals surface area contributed by atoms with Crippen molar-refractivity contribution in [1.29, 1.82) is 0 Å². The van der Waals surface area contributed by atoms with E-state index in [9.17, 15) is 13.2 Å². The minimum Gasteiger partial charge on any atom is -0.344 e. The van der Waals surface area contributed by atoms with Gasteiger partial charge < -0.3 is 4.90 Å². The summed E-state index contributed by atoms with van der Waals surface area (Å²) in [6.07, 6.45) is -2.77. The lowest BCUT2D eigenvalue weighted by Crippen LogP contribution is -2.39. The zero-order chi connectivity index (χ0) is 13.2. The van der Waals surface area contributed by atoms with E-state index in [1.165, 1.54) is 11.1 Å². The Morgan fingerprint density at radius 2 is 1.94 bits per heavy atom. The number of hydrogen-bond acceptors (Lipinski definition) is 2. The Kier molecular flexibility index (Phi) is 4.83. The van der Waals surface area contributed by atoms with Gasteiger partial charge in [0.15, 0.2) is 0 Å². The average molecular weight is 376 g/mol. The van der Waals surface area contributed by atoms with Gasteiger partial charge >= 0.3 is 6.18 Å². The molecule has 0 aliphatic carbocycles. The van der Waals surface area contributed by atoms with Crippen LogP contribution in [0.3, 0.4) is 0 Å². The molecule has 0 aliphatic rings. The maximum absolute atomic E-state index is 12.5. The molecule has 0 fully saturated rings. The van der Waals surface area contributed by atoms with E-state index in [1.54, 1.807) is 19.9 Å². The first-order valence-corrected chi connectivity index (χ1v) is 6.44. The van der Waals surface area contributed by atoms with Gasteiger partial charge in [0.25, 0.3) is 0 Å². The molecular formula is C10H11Br2F3N2. The highest BCUT2D eigenvalue weighted by molar-refractivity contribution is 9.11. The topological polar surface area (TPSA) is 16.1 Å². The molecule has 1 aromatic heterocycles. The molecular weight excluding hydrogens is 365 g/mol. The fraction of sp³-hybridized carbons (Fsp3) is 0.500. The van der Waals surface area contributed by atoms with Gasteiger partial charge in [-0.2, -0.15) is 13.2 Å². The first-order chi connectivity index (χ1) is 7.70. The van der Waals surface area contributed by atoms with E-state index in [0.717, 1.165) is 0 Å². The number of hydrogen-bond donors (Lipinski definition) is 0. The first kappa shape index (κ1) is 14.8. The highest BCUT2D eigenvalue weighted by atomic mass is 79.9. The van der Waals surface area contributed by atoms with Crippen molar-refractivity contribution < 1.29 is 13.2 Å². The van der Waals surface area contributed by atoms with E-state index < -0.39 is 12.7 Å². The number of pyridine rings is 1. The van der Waals surface area contributed by atoms with Crippen LogP contribution in [-0.2, 0) is 0 Å². The second-order valence-electron chi connectivity index (χ2n) is 3.80. The zero-order valence-electron chi connectivity index (χ0n) is 9.22. The molecule has 7 heteroatoms. The largest absolute Gasteiger partial charge is 0.405 e. The van der Waals surface area contributed by atoms with Crippen molar-refractivity contribution in [2.24, 2.45) is 0 Å². The molecule has 0 radical (unpaired) electrons. The summed E-state index contributed by atoms with van der Waals surface area (Å²) in [5, 5.41) is 0. The molecule has 0 bridgehead atoms. The molecule has 0 N–H and O–H groups in total. The Hall–Kier alpha value is -0.300. The number of alkyl halides is 3. The lowest BCUT2D eigenvalue weighted by Gasteiger charge is -2.29. The summed E-state index contributed by atoms with van der Waals surface area (Å²) in [6.45, 7) is 2.38. The molecule has 2 nitrogen and oxygen atoms in total. The van der Waals surface area contributed by atoms with Crippen LogP contribution in [0.15, 0.2) is 21.2 Å². The smallest absolute Gasteiger partial charge is 0.344 e. The maximum atomic E-state index is 12.5. The molecule has 1 rings (SSSR count). The van der Waals surface area contributed by atoms with Crippen LogP contribution in [0.1, 0.15) is 13.8 Å². The normalized spacial score (nSPS) is 12.0. The summed E-state index contributed by atoms with van der Waals surface area (Å²) < 4.78 is 38.7. The Bertz CT molecular complexity index is 394. The van der Waals surface area contributed by atoms with E-state index >= 15 is 0 Å². The number of rotatable bonds is 3. The standard InChI is InChI=1S/C10H11Br2F3N2/c1-6(2)17(5-10(13,14)15)9-8(12)3-7(11)4-16-9/h3-4,6H,5H2,1-2H3. The molecule has 0 aliphatic heterocycles. The van der Waals surface area contributed by atoms with Gasteiger partial charge in [0.1, 0.15) is 12.4 Å². The predicted molar refractivity (Wildman–Crippen MR) is 68.2 cm³/mol. The third-order valence-electron chi connectivity index (χ3n) is 2.03. The Balaban J connectivity index is 3.06. The number of aromatic nitrogens is 1. The molecule has 0 atom stereocenters. The van der Waals surface area contributed by atoms with Crippen molar-refractivity contribution in [3.8, 4) is 0 Å². The summed E-state index contributed by atoms with van der Waals surface area (Å²) in [6, 6.07) is 1.38. The van der Waals surface area contributed by atoms with Crippen LogP contribution < -0.4 is 4.90 Å². The van der Waals surface area contributed by atoms with Gasteiger partial charge in [0.05, 0.1) is 4.47 Å². The van der Waals surface area contributed by atoms with Gasteiger partial charge in [0, 0.05) is 16.7 Å². The highest BCUT2D eigenvalue weighted by Gasteiger charge is 2.33. The minimum absolute atomic E-state index is 0.290. The predicted octanol–water partition coefficient (Wildman–Crippen LogP) is 4.38. The molecule has 17 heavy (non-hydrogen) atoms. The van der Waals surface area contributed by atoms with Crippen molar-refractivity contribution in [2.45, 2.75) is 26.1 Å². The van der Waals surface area contributed by atoms with E-state index in [2.05, 4.69) is 36.8 Å². The third-order valence-corrected chi connectivity index (χ3v) is 3.05. The number of halogens is 5. The van der Waals surface area contributed by atoms with Crippen LogP contribution in [0.4, 0.5) is 19.0 Å². The van der Waals surface area contributed by atoms with Crippen LogP contribution in [0, 0.1) is 0 Å². The molecule has 0 amide bonds. The van der Waals surface area contributed by atoms with E-state index in [4.69, 9.17) is 0 Å². The summed E-state index contributed by atoms with van der Waals surface area (Å²) in [4.78, 5) is 5.22. The van der Waals surface area contributed by atoms with Crippen molar-refractivity contribution in [3.05, 3.63) is 21.2 Å². The van der Waals surface area contributed by atoms with Crippen molar-refractivity contribution >= 4 is 37.7 Å². The van der Waals surface area contributed by atoms with E-state index in [1.807, 2.05) is 0 Å². The molecule has 1 heterocycles. The molecule has 96 valence electrons. The van der Waals surface area contributed by atoms with Crippen molar-refractivity contribution in [2.75, 3.05) is 11.4 Å². The maximum Gasteiger partial charge on any atom is 0.405 e. The molecule has 1 aromatic rings. The summed E-state index contributed by atoms with van der Waals surface area (Å²) in [5.74, 6) is 0.292. The van der Waals surface area contributed by atoms with E-state index in [0.29, 0.717) is 14.8 Å². The molecule has 0 unspecified atom stereocenters. The zero-order valence-corrected chi connectivity index (χ0v) is 12.4. The van der Waals surface area contributed by atoms with Crippen LogP contribution >= 0.6 is 31.9 Å². The fourth-order valence-corrected chi connectivity index (χ4v) is 2.53. The van der Waals surface area contributed by atoms with Gasteiger partial charge in [-0.3, -0.25) is 0 Å². The van der Waals surface area contributed by atoms with Crippen LogP contribution in [0.25, 0.3) is 0 Å². The van der Waals surface area contributed by atoms with Gasteiger partial charge in [-0.1, -0.05) is 0 Å².